The molecule has 0 N–H and O–H groups in total. The van der Waals surface area contributed by atoms with Crippen LogP contribution < -0.4 is 0 Å². The Hall–Kier alpha value is 0.596. The summed E-state index contributed by atoms with van der Waals surface area (Å²) < 4.78 is 0. The first-order valence-corrected chi connectivity index (χ1v) is 11.7. The number of unbranched alkanes of at least 4 members (excludes halogenated alkanes) is 1. The summed E-state index contributed by atoms with van der Waals surface area (Å²) in [6.45, 7) is 8.38. The first kappa shape index (κ1) is 12.7. The number of nitrogens with zero attached hydrogens (tertiary/aromatic N) is 1. The second kappa shape index (κ2) is 7.83. The van der Waals surface area contributed by atoms with E-state index in [0.717, 1.165) is 0 Å². The summed E-state index contributed by atoms with van der Waals surface area (Å²) in [7, 11) is 0. The van der Waals surface area contributed by atoms with E-state index in [2.05, 4.69) is 18.7 Å². The summed E-state index contributed by atoms with van der Waals surface area (Å²) in [5, 5.41) is 0. The molecule has 1 heterocycles. The maximum absolute atomic E-state index is 2.56. The van der Waals surface area contributed by atoms with Crippen LogP contribution in [0.3, 0.4) is 0 Å². The van der Waals surface area contributed by atoms with Crippen LogP contribution >= 0.6 is 0 Å². The van der Waals surface area contributed by atoms with Crippen molar-refractivity contribution in [2.24, 2.45) is 0 Å². The van der Waals surface area contributed by atoms with E-state index in [1.165, 1.54) is 26.1 Å². The van der Waals surface area contributed by atoms with E-state index in [4.69, 9.17) is 0 Å². The van der Waals surface area contributed by atoms with Crippen molar-refractivity contribution in [2.45, 2.75) is 54.5 Å². The van der Waals surface area contributed by atoms with Crippen LogP contribution in [0.15, 0.2) is 0 Å². The first-order valence-electron chi connectivity index (χ1n) is 6.59. The second-order valence-corrected chi connectivity index (χ2v) is 11.9. The molecule has 0 aromatic carbocycles. The van der Waals surface area contributed by atoms with Crippen molar-refractivity contribution in [3.05, 3.63) is 0 Å². The van der Waals surface area contributed by atoms with Crippen molar-refractivity contribution in [1.29, 1.82) is 0 Å². The van der Waals surface area contributed by atoms with Crippen molar-refractivity contribution in [3.8, 4) is 0 Å². The average Bonchev–Trinajstić information content (AvgIpc) is 2.71. The molecular formula is C12H26GaN. The quantitative estimate of drug-likeness (QED) is 0.497. The number of hydrogen-bond donors (Lipinski definition) is 0. The molecule has 0 atom stereocenters. The molecule has 1 nitrogen and oxygen atoms in total. The first-order chi connectivity index (χ1) is 6.86. The molecule has 0 unspecified atom stereocenters. The van der Waals surface area contributed by atoms with Crippen molar-refractivity contribution < 1.29 is 0 Å². The molecular weight excluding hydrogens is 228 g/mol. The monoisotopic (exact) mass is 253 g/mol. The fourth-order valence-corrected chi connectivity index (χ4v) is 9.88. The van der Waals surface area contributed by atoms with Crippen molar-refractivity contribution in [2.75, 3.05) is 19.6 Å². The van der Waals surface area contributed by atoms with Crippen LogP contribution in [0.25, 0.3) is 0 Å². The Balaban J connectivity index is 1.92. The van der Waals surface area contributed by atoms with Gasteiger partial charge in [0.1, 0.15) is 0 Å². The molecule has 2 heteroatoms. The predicted molar refractivity (Wildman–Crippen MR) is 66.4 cm³/mol. The third-order valence-electron chi connectivity index (χ3n) is 3.71. The van der Waals surface area contributed by atoms with Gasteiger partial charge in [0.05, 0.1) is 0 Å². The summed E-state index contributed by atoms with van der Waals surface area (Å²) >= 11 is -0.625. The summed E-state index contributed by atoms with van der Waals surface area (Å²) in [5.41, 5.74) is 0. The molecule has 0 aromatic heterocycles. The third kappa shape index (κ3) is 4.90. The minimum absolute atomic E-state index is 0.625. The molecule has 1 rings (SSSR count). The Kier molecular flexibility index (Phi) is 7.09. The van der Waals surface area contributed by atoms with Crippen LogP contribution in [-0.4, -0.2) is 40.8 Å². The van der Waals surface area contributed by atoms with Crippen molar-refractivity contribution in [1.82, 2.24) is 4.90 Å². The molecule has 0 aliphatic carbocycles. The average molecular weight is 254 g/mol. The van der Waals surface area contributed by atoms with Gasteiger partial charge in [-0.1, -0.05) is 0 Å². The van der Waals surface area contributed by atoms with E-state index >= 15 is 0 Å². The van der Waals surface area contributed by atoms with Gasteiger partial charge in [-0.2, -0.15) is 0 Å². The van der Waals surface area contributed by atoms with Gasteiger partial charge in [-0.15, -0.1) is 0 Å². The van der Waals surface area contributed by atoms with Gasteiger partial charge < -0.3 is 0 Å². The third-order valence-corrected chi connectivity index (χ3v) is 11.4. The van der Waals surface area contributed by atoms with Gasteiger partial charge in [-0.25, -0.2) is 0 Å². The van der Waals surface area contributed by atoms with Gasteiger partial charge in [-0.3, -0.25) is 0 Å². The second-order valence-electron chi connectivity index (χ2n) is 4.67. The predicted octanol–water partition coefficient (Wildman–Crippen LogP) is 3.40. The van der Waals surface area contributed by atoms with Gasteiger partial charge in [-0.05, 0) is 0 Å². The molecule has 1 aliphatic heterocycles. The Morgan fingerprint density at radius 2 is 1.64 bits per heavy atom. The van der Waals surface area contributed by atoms with Gasteiger partial charge in [0.15, 0.2) is 0 Å². The molecule has 14 heavy (non-hydrogen) atoms. The molecule has 0 saturated carbocycles. The molecule has 0 radical (unpaired) electrons. The summed E-state index contributed by atoms with van der Waals surface area (Å²) in [4.78, 5) is 7.66. The van der Waals surface area contributed by atoms with E-state index < -0.39 is 16.2 Å². The van der Waals surface area contributed by atoms with E-state index in [0.29, 0.717) is 0 Å². The summed E-state index contributed by atoms with van der Waals surface area (Å²) in [6, 6.07) is 0. The van der Waals surface area contributed by atoms with E-state index in [1.807, 2.05) is 0 Å². The van der Waals surface area contributed by atoms with Crippen LogP contribution in [0.2, 0.25) is 14.9 Å². The Morgan fingerprint density at radius 3 is 2.21 bits per heavy atom. The van der Waals surface area contributed by atoms with Crippen LogP contribution in [0, 0.1) is 0 Å². The van der Waals surface area contributed by atoms with E-state index in [9.17, 15) is 0 Å². The van der Waals surface area contributed by atoms with Gasteiger partial charge in [0.25, 0.3) is 0 Å². The standard InChI is InChI=1S/C8H18N.C4H8.Ga/c1-4-7-8-9(5-2)6-3;1-3-4-2;/h1,4-8H2,2-3H3;1-4H2;. The fourth-order valence-electron chi connectivity index (χ4n) is 2.61. The molecule has 0 amide bonds. The number of hydrogen-bond acceptors (Lipinski definition) is 1. The molecule has 1 saturated heterocycles. The summed E-state index contributed by atoms with van der Waals surface area (Å²) in [5.74, 6) is 0. The van der Waals surface area contributed by atoms with Crippen molar-refractivity contribution in [3.63, 3.8) is 0 Å². The van der Waals surface area contributed by atoms with E-state index in [1.54, 1.807) is 34.2 Å². The van der Waals surface area contributed by atoms with Crippen molar-refractivity contribution >= 4 is 16.2 Å². The maximum atomic E-state index is 2.56. The molecule has 1 fully saturated rings. The van der Waals surface area contributed by atoms with Gasteiger partial charge in [0.2, 0.25) is 0 Å². The zero-order valence-electron chi connectivity index (χ0n) is 10.1. The number of rotatable bonds is 7. The van der Waals surface area contributed by atoms with Crippen LogP contribution in [-0.2, 0) is 0 Å². The minimum atomic E-state index is -0.625. The topological polar surface area (TPSA) is 3.24 Å². The Labute approximate surface area is 95.3 Å². The Morgan fingerprint density at radius 1 is 1.00 bits per heavy atom. The molecule has 0 aromatic rings. The zero-order valence-corrected chi connectivity index (χ0v) is 12.5. The van der Waals surface area contributed by atoms with Crippen LogP contribution in [0.4, 0.5) is 0 Å². The molecule has 0 spiro atoms. The van der Waals surface area contributed by atoms with E-state index in [-0.39, 0.29) is 0 Å². The van der Waals surface area contributed by atoms with Gasteiger partial charge in [0, 0.05) is 0 Å². The fraction of sp³-hybridized carbons (Fsp3) is 1.00. The molecule has 0 bridgehead atoms. The van der Waals surface area contributed by atoms with Gasteiger partial charge >= 0.3 is 95.2 Å². The SMILES string of the molecule is CCN(CC)CCC[CH2][Ga]1[CH2]CC[CH2]1. The van der Waals surface area contributed by atoms with Crippen LogP contribution in [0.1, 0.15) is 39.5 Å². The zero-order chi connectivity index (χ0) is 10.2. The Bertz CT molecular complexity index is 124. The molecule has 82 valence electrons. The normalized spacial score (nSPS) is 16.9. The van der Waals surface area contributed by atoms with Crippen LogP contribution in [0.5, 0.6) is 0 Å². The summed E-state index contributed by atoms with van der Waals surface area (Å²) in [6.07, 6.45) is 6.17. The molecule has 1 aliphatic rings.